The third kappa shape index (κ3) is 9.57. The second-order valence-electron chi connectivity index (χ2n) is 5.89. The Morgan fingerprint density at radius 2 is 1.71 bits per heavy atom. The highest BCUT2D eigenvalue weighted by Gasteiger charge is 2.18. The molecule has 3 heterocycles. The molecule has 0 radical (unpaired) electrons. The molecule has 0 aromatic carbocycles. The number of anilines is 2. The average molecular weight is 575 g/mol. The van der Waals surface area contributed by atoms with Gasteiger partial charge in [0.05, 0.1) is 41.7 Å². The van der Waals surface area contributed by atoms with Crippen LogP contribution in [0.5, 0.6) is 0 Å². The van der Waals surface area contributed by atoms with Gasteiger partial charge in [-0.2, -0.15) is 12.6 Å². The molecule has 2 aromatic heterocycles. The number of hydrogen-bond acceptors (Lipinski definition) is 12. The molecule has 0 bridgehead atoms. The Morgan fingerprint density at radius 1 is 1.12 bits per heavy atom. The molecule has 0 aliphatic carbocycles. The fourth-order valence-electron chi connectivity index (χ4n) is 2.06. The van der Waals surface area contributed by atoms with Gasteiger partial charge < -0.3 is 25.3 Å². The van der Waals surface area contributed by atoms with Crippen molar-refractivity contribution in [2.24, 2.45) is 0 Å². The summed E-state index contributed by atoms with van der Waals surface area (Å²) in [7, 11) is 2.58. The molecule has 0 spiro atoms. The maximum atomic E-state index is 11.2. The van der Waals surface area contributed by atoms with E-state index in [0.717, 1.165) is 4.90 Å². The van der Waals surface area contributed by atoms with E-state index in [1.54, 1.807) is 25.1 Å². The molecule has 3 N–H and O–H groups in total. The summed E-state index contributed by atoms with van der Waals surface area (Å²) < 4.78 is 14.1. The van der Waals surface area contributed by atoms with Crippen molar-refractivity contribution in [3.63, 3.8) is 0 Å². The summed E-state index contributed by atoms with van der Waals surface area (Å²) in [5, 5.41) is 2.60. The number of rotatable bonds is 4. The quantitative estimate of drug-likeness (QED) is 0.279. The van der Waals surface area contributed by atoms with Crippen LogP contribution in [0.15, 0.2) is 33.6 Å². The van der Waals surface area contributed by atoms with Gasteiger partial charge in [0.15, 0.2) is 11.4 Å². The van der Waals surface area contributed by atoms with Crippen LogP contribution in [0.25, 0.3) is 0 Å². The number of aromatic nitrogens is 2. The summed E-state index contributed by atoms with van der Waals surface area (Å²) >= 11 is 8.23. The van der Waals surface area contributed by atoms with E-state index in [0.29, 0.717) is 22.7 Å². The van der Waals surface area contributed by atoms with Gasteiger partial charge in [0.1, 0.15) is 11.6 Å². The predicted octanol–water partition coefficient (Wildman–Crippen LogP) is 2.60. The second kappa shape index (κ2) is 15.1. The first-order valence-corrected chi connectivity index (χ1v) is 11.9. The van der Waals surface area contributed by atoms with Crippen molar-refractivity contribution >= 4 is 75.8 Å². The number of fused-ring (bicyclic) bond motifs is 1. The van der Waals surface area contributed by atoms with Crippen molar-refractivity contribution in [1.29, 1.82) is 0 Å². The zero-order valence-electron chi connectivity index (χ0n) is 18.5. The Bertz CT molecular complexity index is 1040. The van der Waals surface area contributed by atoms with E-state index >= 15 is 0 Å². The number of carbonyl (C=O) groups is 4. The minimum Gasteiger partial charge on any atom is -0.465 e. The van der Waals surface area contributed by atoms with Crippen molar-refractivity contribution in [1.82, 2.24) is 9.97 Å². The normalized spacial score (nSPS) is 11.3. The monoisotopic (exact) mass is 574 g/mol. The van der Waals surface area contributed by atoms with E-state index in [-0.39, 0.29) is 34.8 Å². The highest BCUT2D eigenvalue weighted by atomic mass is 79.9. The molecule has 2 aromatic rings. The molecule has 11 nitrogen and oxygen atoms in total. The number of nitrogen functional groups attached to an aromatic ring is 1. The van der Waals surface area contributed by atoms with E-state index in [4.69, 9.17) is 5.73 Å². The number of thioether (sulfide) groups is 1. The number of nitrogens with one attached hydrogen (secondary N) is 1. The molecule has 1 aliphatic heterocycles. The lowest BCUT2D eigenvalue weighted by Crippen LogP contribution is -2.20. The molecule has 0 fully saturated rings. The van der Waals surface area contributed by atoms with E-state index in [2.05, 4.69) is 58.1 Å². The van der Waals surface area contributed by atoms with Crippen LogP contribution in [0.4, 0.5) is 11.6 Å². The van der Waals surface area contributed by atoms with Crippen LogP contribution < -0.4 is 11.1 Å². The number of thiol groups is 1. The molecule has 0 saturated carbocycles. The minimum atomic E-state index is -0.511. The molecule has 14 heteroatoms. The van der Waals surface area contributed by atoms with Gasteiger partial charge in [-0.1, -0.05) is 0 Å². The van der Waals surface area contributed by atoms with E-state index < -0.39 is 11.9 Å². The Morgan fingerprint density at radius 3 is 2.21 bits per heavy atom. The molecule has 34 heavy (non-hydrogen) atoms. The maximum Gasteiger partial charge on any atom is 0.356 e. The van der Waals surface area contributed by atoms with Gasteiger partial charge in [-0.15, -0.1) is 11.8 Å². The third-order valence-electron chi connectivity index (χ3n) is 3.57. The van der Waals surface area contributed by atoms with Crippen molar-refractivity contribution in [3.05, 3.63) is 40.1 Å². The molecule has 0 saturated heterocycles. The van der Waals surface area contributed by atoms with Crippen LogP contribution in [-0.2, 0) is 23.8 Å². The van der Waals surface area contributed by atoms with Crippen molar-refractivity contribution < 1.29 is 33.4 Å². The zero-order valence-corrected chi connectivity index (χ0v) is 21.8. The van der Waals surface area contributed by atoms with Gasteiger partial charge in [0, 0.05) is 0 Å². The molecule has 3 rings (SSSR count). The van der Waals surface area contributed by atoms with Crippen molar-refractivity contribution in [3.8, 4) is 0 Å². The smallest absolute Gasteiger partial charge is 0.356 e. The molecule has 1 aliphatic rings. The summed E-state index contributed by atoms with van der Waals surface area (Å²) in [4.78, 5) is 52.0. The first-order valence-electron chi connectivity index (χ1n) is 9.45. The Balaban J connectivity index is 0.000000274. The van der Waals surface area contributed by atoms with Crippen molar-refractivity contribution in [2.45, 2.75) is 11.8 Å². The summed E-state index contributed by atoms with van der Waals surface area (Å²) in [6.07, 6.45) is 0. The number of hydrogen-bond donors (Lipinski definition) is 3. The van der Waals surface area contributed by atoms with Gasteiger partial charge in [-0.3, -0.25) is 9.59 Å². The van der Waals surface area contributed by atoms with E-state index in [1.165, 1.54) is 32.0 Å². The van der Waals surface area contributed by atoms with Gasteiger partial charge >= 0.3 is 17.9 Å². The van der Waals surface area contributed by atoms with Crippen LogP contribution in [-0.4, -0.2) is 66.1 Å². The van der Waals surface area contributed by atoms with Crippen LogP contribution in [0.3, 0.4) is 0 Å². The summed E-state index contributed by atoms with van der Waals surface area (Å²) in [5.41, 5.74) is 5.85. The number of nitrogens with zero attached hydrogens (tertiary/aromatic N) is 2. The predicted molar refractivity (Wildman–Crippen MR) is 133 cm³/mol. The Labute approximate surface area is 214 Å². The van der Waals surface area contributed by atoms with Crippen LogP contribution >= 0.6 is 40.3 Å². The Kier molecular flexibility index (Phi) is 13.0. The number of ether oxygens (including phenoxy) is 3. The number of amides is 1. The molecular formula is C20H23BrN4O7S2. The highest BCUT2D eigenvalue weighted by Crippen LogP contribution is 2.29. The van der Waals surface area contributed by atoms with Gasteiger partial charge in [0.2, 0.25) is 5.91 Å². The molecular weight excluding hydrogens is 552 g/mol. The lowest BCUT2D eigenvalue weighted by atomic mass is 10.3. The average Bonchev–Trinajstić information content (AvgIpc) is 2.85. The van der Waals surface area contributed by atoms with Crippen LogP contribution in [0.1, 0.15) is 27.9 Å². The van der Waals surface area contributed by atoms with Crippen LogP contribution in [0, 0.1) is 0 Å². The number of halogens is 1. The van der Waals surface area contributed by atoms with Gasteiger partial charge in [0.25, 0.3) is 0 Å². The lowest BCUT2D eigenvalue weighted by Gasteiger charge is -2.15. The Hall–Kier alpha value is -2.84. The highest BCUT2D eigenvalue weighted by molar-refractivity contribution is 9.10. The summed E-state index contributed by atoms with van der Waals surface area (Å²) in [5.74, 6) is -0.109. The number of carbonyl (C=O) groups excluding carboxylic acids is 4. The molecule has 0 unspecified atom stereocenters. The van der Waals surface area contributed by atoms with E-state index in [9.17, 15) is 19.2 Å². The second-order valence-corrected chi connectivity index (χ2v) is 8.08. The lowest BCUT2D eigenvalue weighted by molar-refractivity contribution is -0.139. The fourth-order valence-corrected chi connectivity index (χ4v) is 3.13. The summed E-state index contributed by atoms with van der Waals surface area (Å²) in [6, 6.07) is 6.51. The number of esters is 3. The first kappa shape index (κ1) is 29.2. The number of pyridine rings is 2. The third-order valence-corrected chi connectivity index (χ3v) is 5.55. The summed E-state index contributed by atoms with van der Waals surface area (Å²) in [6.45, 7) is 2.21. The largest absolute Gasteiger partial charge is 0.465 e. The van der Waals surface area contributed by atoms with Gasteiger partial charge in [-0.05, 0) is 47.1 Å². The van der Waals surface area contributed by atoms with Crippen molar-refractivity contribution in [2.75, 3.05) is 43.4 Å². The molecule has 184 valence electrons. The molecule has 0 atom stereocenters. The topological polar surface area (TPSA) is 160 Å². The minimum absolute atomic E-state index is 0.109. The number of methoxy groups -OCH3 is 2. The SMILES string of the molecule is CCOC(=O)CS.COC(=O)c1ccc(Br)c(N)n1.COC(=O)c1ccc2c(n1)NC(=O)CS2. The van der Waals surface area contributed by atoms with E-state index in [1.807, 2.05) is 0 Å². The zero-order chi connectivity index (χ0) is 25.7. The first-order chi connectivity index (χ1) is 16.2. The van der Waals surface area contributed by atoms with Gasteiger partial charge in [-0.25, -0.2) is 19.6 Å². The van der Waals surface area contributed by atoms with Crippen LogP contribution in [0.2, 0.25) is 0 Å². The standard InChI is InChI=1S/C9H8N2O3S.C7H7BrN2O2.C4H8O2S/c1-14-9(13)5-2-3-6-8(10-5)11-7(12)4-15-6;1-12-7(11)5-3-2-4(8)6(9)10-5;1-2-6-4(5)3-7/h2-3H,4H2,1H3,(H,10,11,12);2-3H,1H3,(H2,9,10);7H,2-3H2,1H3. The number of nitrogens with two attached hydrogens (primary N) is 1. The fraction of sp³-hybridized carbons (Fsp3) is 0.300. The maximum absolute atomic E-state index is 11.2. The molecule has 1 amide bonds.